The molecule has 0 bridgehead atoms. The van der Waals surface area contributed by atoms with E-state index in [0.29, 0.717) is 0 Å². The first-order valence-electron chi connectivity index (χ1n) is 8.88. The van der Waals surface area contributed by atoms with Crippen molar-refractivity contribution < 1.29 is 5.11 Å². The van der Waals surface area contributed by atoms with Crippen LogP contribution in [-0.2, 0) is 0 Å². The maximum atomic E-state index is 10.4. The predicted octanol–water partition coefficient (Wildman–Crippen LogP) is 4.39. The van der Waals surface area contributed by atoms with Crippen LogP contribution in [0.3, 0.4) is 0 Å². The Bertz CT molecular complexity index is 352. The fourth-order valence-electron chi connectivity index (χ4n) is 6.80. The molecule has 7 atom stereocenters. The number of hydrogen-bond donors (Lipinski definition) is 1. The van der Waals surface area contributed by atoms with Crippen LogP contribution in [0.4, 0.5) is 0 Å². The topological polar surface area (TPSA) is 20.2 Å². The first kappa shape index (κ1) is 12.7. The molecule has 0 radical (unpaired) electrons. The van der Waals surface area contributed by atoms with E-state index < -0.39 is 0 Å². The van der Waals surface area contributed by atoms with Gasteiger partial charge in [0.15, 0.2) is 0 Å². The van der Waals surface area contributed by atoms with Gasteiger partial charge in [-0.05, 0) is 80.0 Å². The van der Waals surface area contributed by atoms with Gasteiger partial charge in [0.05, 0.1) is 6.10 Å². The minimum absolute atomic E-state index is 0.00234. The second-order valence-electron chi connectivity index (χ2n) is 8.36. The monoisotopic (exact) mass is 262 g/mol. The van der Waals surface area contributed by atoms with Crippen molar-refractivity contribution in [2.24, 2.45) is 35.0 Å². The molecule has 1 heteroatoms. The molecule has 4 aliphatic rings. The SMILES string of the molecule is CC12CCC3C4CCCCC4CCC3C1CC[C@@H]2O. The highest BCUT2D eigenvalue weighted by Crippen LogP contribution is 2.62. The van der Waals surface area contributed by atoms with E-state index in [4.69, 9.17) is 0 Å². The summed E-state index contributed by atoms with van der Waals surface area (Å²) < 4.78 is 0. The Morgan fingerprint density at radius 3 is 2.53 bits per heavy atom. The molecule has 0 spiro atoms. The largest absolute Gasteiger partial charge is 0.393 e. The van der Waals surface area contributed by atoms with Crippen LogP contribution >= 0.6 is 0 Å². The normalized spacial score (nSPS) is 57.2. The number of aliphatic hydroxyl groups excluding tert-OH is 1. The van der Waals surface area contributed by atoms with Gasteiger partial charge in [-0.2, -0.15) is 0 Å². The number of aliphatic hydroxyl groups is 1. The van der Waals surface area contributed by atoms with Crippen molar-refractivity contribution in [3.63, 3.8) is 0 Å². The van der Waals surface area contributed by atoms with Gasteiger partial charge < -0.3 is 5.11 Å². The van der Waals surface area contributed by atoms with Gasteiger partial charge in [0.25, 0.3) is 0 Å². The van der Waals surface area contributed by atoms with Crippen LogP contribution in [0.1, 0.15) is 71.1 Å². The lowest BCUT2D eigenvalue weighted by atomic mass is 9.50. The predicted molar refractivity (Wildman–Crippen MR) is 77.7 cm³/mol. The number of rotatable bonds is 0. The summed E-state index contributed by atoms with van der Waals surface area (Å²) in [6, 6.07) is 0. The maximum absolute atomic E-state index is 10.4. The zero-order valence-electron chi connectivity index (χ0n) is 12.5. The summed E-state index contributed by atoms with van der Waals surface area (Å²) in [5.74, 6) is 4.99. The third kappa shape index (κ3) is 1.76. The molecule has 4 fully saturated rings. The zero-order chi connectivity index (χ0) is 13.0. The van der Waals surface area contributed by atoms with E-state index in [2.05, 4.69) is 6.92 Å². The van der Waals surface area contributed by atoms with Gasteiger partial charge in [-0.15, -0.1) is 0 Å². The number of hydrogen-bond acceptors (Lipinski definition) is 1. The molecule has 6 unspecified atom stereocenters. The molecule has 4 saturated carbocycles. The quantitative estimate of drug-likeness (QED) is 0.686. The Morgan fingerprint density at radius 1 is 0.789 bits per heavy atom. The minimum atomic E-state index is 0.00234. The molecule has 1 N–H and O–H groups in total. The second-order valence-corrected chi connectivity index (χ2v) is 8.36. The van der Waals surface area contributed by atoms with E-state index in [0.717, 1.165) is 36.0 Å². The molecule has 108 valence electrons. The van der Waals surface area contributed by atoms with Gasteiger partial charge in [-0.3, -0.25) is 0 Å². The van der Waals surface area contributed by atoms with Crippen molar-refractivity contribution in [2.45, 2.75) is 77.2 Å². The Balaban J connectivity index is 1.59. The fraction of sp³-hybridized carbons (Fsp3) is 1.00. The molecule has 0 amide bonds. The maximum Gasteiger partial charge on any atom is 0.0596 e. The van der Waals surface area contributed by atoms with E-state index in [1.54, 1.807) is 0 Å². The third-order valence-corrected chi connectivity index (χ3v) is 7.83. The molecule has 19 heavy (non-hydrogen) atoms. The summed E-state index contributed by atoms with van der Waals surface area (Å²) in [6.45, 7) is 2.40. The molecular formula is C18H30O. The second kappa shape index (κ2) is 4.48. The van der Waals surface area contributed by atoms with Crippen molar-refractivity contribution in [1.82, 2.24) is 0 Å². The van der Waals surface area contributed by atoms with Crippen LogP contribution < -0.4 is 0 Å². The molecule has 4 rings (SSSR count). The van der Waals surface area contributed by atoms with E-state index in [1.165, 1.54) is 57.8 Å². The van der Waals surface area contributed by atoms with Gasteiger partial charge in [0.2, 0.25) is 0 Å². The zero-order valence-corrected chi connectivity index (χ0v) is 12.5. The summed E-state index contributed by atoms with van der Waals surface area (Å²) >= 11 is 0. The molecule has 0 aromatic rings. The number of fused-ring (bicyclic) bond motifs is 5. The Kier molecular flexibility index (Phi) is 2.99. The first-order valence-corrected chi connectivity index (χ1v) is 8.88. The highest BCUT2D eigenvalue weighted by molar-refractivity contribution is 5.05. The molecule has 0 aliphatic heterocycles. The summed E-state index contributed by atoms with van der Waals surface area (Å²) in [5, 5.41) is 10.4. The van der Waals surface area contributed by atoms with Gasteiger partial charge in [-0.1, -0.05) is 26.2 Å². The first-order chi connectivity index (χ1) is 9.20. The summed E-state index contributed by atoms with van der Waals surface area (Å²) in [7, 11) is 0. The lowest BCUT2D eigenvalue weighted by Gasteiger charge is -2.55. The molecule has 0 saturated heterocycles. The molecule has 1 nitrogen and oxygen atoms in total. The highest BCUT2D eigenvalue weighted by Gasteiger charge is 2.56. The van der Waals surface area contributed by atoms with Crippen molar-refractivity contribution >= 4 is 0 Å². The van der Waals surface area contributed by atoms with Crippen LogP contribution in [-0.4, -0.2) is 11.2 Å². The van der Waals surface area contributed by atoms with Crippen LogP contribution in [0.25, 0.3) is 0 Å². The average Bonchev–Trinajstić information content (AvgIpc) is 2.75. The molecular weight excluding hydrogens is 232 g/mol. The Hall–Kier alpha value is -0.0400. The Labute approximate surface area is 118 Å². The fourth-order valence-corrected chi connectivity index (χ4v) is 6.80. The van der Waals surface area contributed by atoms with Crippen LogP contribution in [0.2, 0.25) is 0 Å². The highest BCUT2D eigenvalue weighted by atomic mass is 16.3. The van der Waals surface area contributed by atoms with Gasteiger partial charge in [0.1, 0.15) is 0 Å². The summed E-state index contributed by atoms with van der Waals surface area (Å²) in [5.41, 5.74) is 0.280. The smallest absolute Gasteiger partial charge is 0.0596 e. The lowest BCUT2D eigenvalue weighted by Crippen LogP contribution is -2.48. The summed E-state index contributed by atoms with van der Waals surface area (Å²) in [6.07, 6.45) is 14.2. The van der Waals surface area contributed by atoms with Crippen LogP contribution in [0, 0.1) is 35.0 Å². The molecule has 0 aromatic carbocycles. The van der Waals surface area contributed by atoms with Crippen LogP contribution in [0.5, 0.6) is 0 Å². The van der Waals surface area contributed by atoms with E-state index in [9.17, 15) is 5.11 Å². The summed E-state index contributed by atoms with van der Waals surface area (Å²) in [4.78, 5) is 0. The third-order valence-electron chi connectivity index (χ3n) is 7.83. The van der Waals surface area contributed by atoms with Gasteiger partial charge >= 0.3 is 0 Å². The van der Waals surface area contributed by atoms with Crippen molar-refractivity contribution in [1.29, 1.82) is 0 Å². The van der Waals surface area contributed by atoms with Gasteiger partial charge in [-0.25, -0.2) is 0 Å². The van der Waals surface area contributed by atoms with E-state index in [1.807, 2.05) is 0 Å². The van der Waals surface area contributed by atoms with E-state index >= 15 is 0 Å². The Morgan fingerprint density at radius 2 is 1.63 bits per heavy atom. The van der Waals surface area contributed by atoms with Crippen LogP contribution in [0.15, 0.2) is 0 Å². The molecule has 0 heterocycles. The van der Waals surface area contributed by atoms with Crippen molar-refractivity contribution in [3.05, 3.63) is 0 Å². The standard InChI is InChI=1S/C18H30O/c1-18-11-10-14-13-5-3-2-4-12(13)6-7-15(14)16(18)8-9-17(18)19/h12-17,19H,2-11H2,1H3/t12?,13?,14?,15?,16?,17-,18?/m0/s1. The molecule has 0 aromatic heterocycles. The van der Waals surface area contributed by atoms with Crippen molar-refractivity contribution in [2.75, 3.05) is 0 Å². The van der Waals surface area contributed by atoms with Crippen molar-refractivity contribution in [3.8, 4) is 0 Å². The van der Waals surface area contributed by atoms with Gasteiger partial charge in [0, 0.05) is 0 Å². The molecule has 4 aliphatic carbocycles. The minimum Gasteiger partial charge on any atom is -0.393 e. The average molecular weight is 262 g/mol. The van der Waals surface area contributed by atoms with E-state index in [-0.39, 0.29) is 11.5 Å². The lowest BCUT2D eigenvalue weighted by molar-refractivity contribution is -0.0809.